The molecule has 4 N–H and O–H groups in total. The molecule has 9 heteroatoms. The van der Waals surface area contributed by atoms with Crippen LogP contribution in [-0.2, 0) is 30.5 Å². The lowest BCUT2D eigenvalue weighted by Crippen LogP contribution is -2.52. The summed E-state index contributed by atoms with van der Waals surface area (Å²) in [6.07, 6.45) is -0.886. The van der Waals surface area contributed by atoms with Gasteiger partial charge < -0.3 is 25.8 Å². The Bertz CT molecular complexity index is 715. The van der Waals surface area contributed by atoms with Crippen molar-refractivity contribution in [2.24, 2.45) is 5.73 Å². The van der Waals surface area contributed by atoms with Gasteiger partial charge in [0, 0.05) is 6.42 Å². The van der Waals surface area contributed by atoms with Crippen LogP contribution in [0.1, 0.15) is 46.1 Å². The number of hydrogen-bond acceptors (Lipinski definition) is 6. The van der Waals surface area contributed by atoms with Gasteiger partial charge in [0.05, 0.1) is 0 Å². The van der Waals surface area contributed by atoms with E-state index in [9.17, 15) is 19.2 Å². The number of carbonyl (C=O) groups is 4. The van der Waals surface area contributed by atoms with Crippen molar-refractivity contribution in [3.05, 3.63) is 35.9 Å². The van der Waals surface area contributed by atoms with Gasteiger partial charge in [-0.05, 0) is 39.7 Å². The second kappa shape index (κ2) is 11.0. The summed E-state index contributed by atoms with van der Waals surface area (Å²) in [6, 6.07) is 7.11. The Kier molecular flexibility index (Phi) is 9.11. The van der Waals surface area contributed by atoms with Gasteiger partial charge in [0.2, 0.25) is 11.8 Å². The average molecular weight is 407 g/mol. The monoisotopic (exact) mass is 407 g/mol. The Balaban J connectivity index is 2.47. The molecule has 1 aromatic carbocycles. The molecule has 3 amide bonds. The number of carbonyl (C=O) groups excluding carboxylic acids is 4. The summed E-state index contributed by atoms with van der Waals surface area (Å²) in [5.74, 6) is -1.94. The second-order valence-electron chi connectivity index (χ2n) is 7.52. The Morgan fingerprint density at radius 2 is 1.69 bits per heavy atom. The Hall–Kier alpha value is -3.10. The van der Waals surface area contributed by atoms with Crippen LogP contribution < -0.4 is 16.4 Å². The molecule has 2 atom stereocenters. The van der Waals surface area contributed by atoms with Crippen LogP contribution in [0.25, 0.3) is 0 Å². The number of alkyl carbamates (subject to hydrolysis) is 1. The van der Waals surface area contributed by atoms with E-state index in [1.807, 2.05) is 30.3 Å². The number of rotatable bonds is 9. The number of esters is 1. The third kappa shape index (κ3) is 10.1. The summed E-state index contributed by atoms with van der Waals surface area (Å²) in [4.78, 5) is 47.4. The molecular weight excluding hydrogens is 378 g/mol. The Morgan fingerprint density at radius 3 is 2.24 bits per heavy atom. The minimum Gasteiger partial charge on any atom is -0.461 e. The Morgan fingerprint density at radius 1 is 1.07 bits per heavy atom. The first-order chi connectivity index (χ1) is 13.5. The van der Waals surface area contributed by atoms with Crippen molar-refractivity contribution < 1.29 is 28.7 Å². The minimum absolute atomic E-state index is 0.0200. The van der Waals surface area contributed by atoms with Crippen LogP contribution in [0.15, 0.2) is 30.3 Å². The maximum atomic E-state index is 12.2. The fraction of sp³-hybridized carbons (Fsp3) is 0.500. The first-order valence-electron chi connectivity index (χ1n) is 9.26. The largest absolute Gasteiger partial charge is 0.461 e. The summed E-state index contributed by atoms with van der Waals surface area (Å²) in [7, 11) is 0. The number of primary amides is 1. The quantitative estimate of drug-likeness (QED) is 0.529. The topological polar surface area (TPSA) is 137 Å². The zero-order valence-corrected chi connectivity index (χ0v) is 17.2. The predicted molar refractivity (Wildman–Crippen MR) is 105 cm³/mol. The van der Waals surface area contributed by atoms with E-state index in [1.165, 1.54) is 6.92 Å². The highest BCUT2D eigenvalue weighted by Gasteiger charge is 2.25. The van der Waals surface area contributed by atoms with E-state index in [0.29, 0.717) is 0 Å². The molecule has 0 radical (unpaired) electrons. The van der Waals surface area contributed by atoms with E-state index in [0.717, 1.165) is 5.56 Å². The van der Waals surface area contributed by atoms with Crippen molar-refractivity contribution >= 4 is 23.9 Å². The molecule has 0 aliphatic rings. The number of hydrogen-bond donors (Lipinski definition) is 3. The lowest BCUT2D eigenvalue weighted by atomic mass is 10.1. The van der Waals surface area contributed by atoms with Crippen molar-refractivity contribution in [2.45, 2.75) is 64.8 Å². The summed E-state index contributed by atoms with van der Waals surface area (Å²) in [6.45, 7) is 6.63. The van der Waals surface area contributed by atoms with E-state index < -0.39 is 41.6 Å². The molecule has 0 fully saturated rings. The SMILES string of the molecule is C[C@H](NC(=O)OC(C)(C)C)C(=O)N[C@H](CCC(=O)OCc1ccccc1)C(N)=O. The van der Waals surface area contributed by atoms with Crippen molar-refractivity contribution in [1.29, 1.82) is 0 Å². The zero-order valence-electron chi connectivity index (χ0n) is 17.2. The molecule has 29 heavy (non-hydrogen) atoms. The molecule has 0 heterocycles. The normalized spacial score (nSPS) is 13.0. The van der Waals surface area contributed by atoms with Gasteiger partial charge >= 0.3 is 12.1 Å². The van der Waals surface area contributed by atoms with Crippen LogP contribution in [0.3, 0.4) is 0 Å². The molecule has 9 nitrogen and oxygen atoms in total. The van der Waals surface area contributed by atoms with Crippen molar-refractivity contribution in [3.63, 3.8) is 0 Å². The summed E-state index contributed by atoms with van der Waals surface area (Å²) >= 11 is 0. The van der Waals surface area contributed by atoms with Crippen LogP contribution >= 0.6 is 0 Å². The second-order valence-corrected chi connectivity index (χ2v) is 7.52. The van der Waals surface area contributed by atoms with Gasteiger partial charge in [0.1, 0.15) is 24.3 Å². The molecule has 160 valence electrons. The third-order valence-corrected chi connectivity index (χ3v) is 3.67. The molecule has 0 saturated carbocycles. The van der Waals surface area contributed by atoms with Gasteiger partial charge in [-0.25, -0.2) is 4.79 Å². The summed E-state index contributed by atoms with van der Waals surface area (Å²) in [5, 5.41) is 4.79. The Labute approximate surface area is 170 Å². The molecule has 0 bridgehead atoms. The highest BCUT2D eigenvalue weighted by atomic mass is 16.6. The van der Waals surface area contributed by atoms with Gasteiger partial charge in [-0.15, -0.1) is 0 Å². The van der Waals surface area contributed by atoms with Gasteiger partial charge in [0.25, 0.3) is 0 Å². The minimum atomic E-state index is -1.07. The van der Waals surface area contributed by atoms with E-state index >= 15 is 0 Å². The van der Waals surface area contributed by atoms with E-state index in [1.54, 1.807) is 20.8 Å². The number of benzene rings is 1. The fourth-order valence-electron chi connectivity index (χ4n) is 2.20. The average Bonchev–Trinajstić information content (AvgIpc) is 2.62. The molecule has 0 aliphatic heterocycles. The highest BCUT2D eigenvalue weighted by molar-refractivity contribution is 5.90. The molecule has 1 aromatic rings. The molecule has 0 saturated heterocycles. The van der Waals surface area contributed by atoms with Crippen molar-refractivity contribution in [3.8, 4) is 0 Å². The van der Waals surface area contributed by atoms with Crippen LogP contribution in [0.4, 0.5) is 4.79 Å². The van der Waals surface area contributed by atoms with E-state index in [2.05, 4.69) is 10.6 Å². The van der Waals surface area contributed by atoms with E-state index in [4.69, 9.17) is 15.2 Å². The molecular formula is C20H29N3O6. The molecule has 0 unspecified atom stereocenters. The number of nitrogens with one attached hydrogen (secondary N) is 2. The lowest BCUT2D eigenvalue weighted by Gasteiger charge is -2.22. The van der Waals surface area contributed by atoms with Crippen molar-refractivity contribution in [1.82, 2.24) is 10.6 Å². The smallest absolute Gasteiger partial charge is 0.408 e. The molecule has 0 spiro atoms. The molecule has 0 aliphatic carbocycles. The van der Waals surface area contributed by atoms with Crippen molar-refractivity contribution in [2.75, 3.05) is 0 Å². The standard InChI is InChI=1S/C20H29N3O6/c1-13(22-19(27)29-20(2,3)4)18(26)23-15(17(21)25)10-11-16(24)28-12-14-8-6-5-7-9-14/h5-9,13,15H,10-12H2,1-4H3,(H2,21,25)(H,22,27)(H,23,26)/t13-,15+/m0/s1. The van der Waals surface area contributed by atoms with Gasteiger partial charge in [-0.2, -0.15) is 0 Å². The first-order valence-corrected chi connectivity index (χ1v) is 9.26. The number of nitrogens with two attached hydrogens (primary N) is 1. The van der Waals surface area contributed by atoms with Gasteiger partial charge in [0.15, 0.2) is 0 Å². The van der Waals surface area contributed by atoms with Crippen LogP contribution in [-0.4, -0.2) is 41.6 Å². The lowest BCUT2D eigenvalue weighted by molar-refractivity contribution is -0.145. The first kappa shape index (κ1) is 23.9. The molecule has 0 aromatic heterocycles. The van der Waals surface area contributed by atoms with Gasteiger partial charge in [-0.3, -0.25) is 14.4 Å². The van der Waals surface area contributed by atoms with Crippen LogP contribution in [0.5, 0.6) is 0 Å². The van der Waals surface area contributed by atoms with Crippen LogP contribution in [0.2, 0.25) is 0 Å². The van der Waals surface area contributed by atoms with E-state index in [-0.39, 0.29) is 19.4 Å². The van der Waals surface area contributed by atoms with Crippen LogP contribution in [0, 0.1) is 0 Å². The maximum absolute atomic E-state index is 12.2. The summed E-state index contributed by atoms with van der Waals surface area (Å²) < 4.78 is 10.2. The molecule has 1 rings (SSSR count). The highest BCUT2D eigenvalue weighted by Crippen LogP contribution is 2.07. The number of ether oxygens (including phenoxy) is 2. The number of amides is 3. The van der Waals surface area contributed by atoms with Gasteiger partial charge in [-0.1, -0.05) is 30.3 Å². The third-order valence-electron chi connectivity index (χ3n) is 3.67. The maximum Gasteiger partial charge on any atom is 0.408 e. The fourth-order valence-corrected chi connectivity index (χ4v) is 2.20. The zero-order chi connectivity index (χ0) is 22.0. The summed E-state index contributed by atoms with van der Waals surface area (Å²) in [5.41, 5.74) is 5.43. The predicted octanol–water partition coefficient (Wildman–Crippen LogP) is 1.39.